The molecular formula is C23H23ClN4O3. The Bertz CT molecular complexity index is 1130. The first-order chi connectivity index (χ1) is 15.1. The predicted molar refractivity (Wildman–Crippen MR) is 118 cm³/mol. The zero-order chi connectivity index (χ0) is 21.4. The Morgan fingerprint density at radius 3 is 3.00 bits per heavy atom. The van der Waals surface area contributed by atoms with Gasteiger partial charge in [-0.15, -0.1) is 0 Å². The van der Waals surface area contributed by atoms with Crippen LogP contribution in [0.1, 0.15) is 36.0 Å². The van der Waals surface area contributed by atoms with Crippen LogP contribution in [-0.4, -0.2) is 33.3 Å². The number of anilines is 1. The number of nitrogens with two attached hydrogens (primary N) is 1. The Labute approximate surface area is 185 Å². The number of allylic oxidation sites excluding steroid dienone is 4. The maximum absolute atomic E-state index is 9.21. The van der Waals surface area contributed by atoms with E-state index in [1.54, 1.807) is 0 Å². The molecule has 1 unspecified atom stereocenters. The zero-order valence-corrected chi connectivity index (χ0v) is 17.7. The predicted octanol–water partition coefficient (Wildman–Crippen LogP) is 3.86. The molecule has 31 heavy (non-hydrogen) atoms. The van der Waals surface area contributed by atoms with Crippen LogP contribution in [0.5, 0.6) is 6.01 Å². The van der Waals surface area contributed by atoms with Crippen molar-refractivity contribution in [2.75, 3.05) is 18.9 Å². The minimum absolute atomic E-state index is 0.0724. The van der Waals surface area contributed by atoms with Gasteiger partial charge in [-0.1, -0.05) is 23.8 Å². The van der Waals surface area contributed by atoms with Crippen LogP contribution >= 0.6 is 11.6 Å². The van der Waals surface area contributed by atoms with E-state index in [0.29, 0.717) is 36.2 Å². The van der Waals surface area contributed by atoms with Gasteiger partial charge in [0, 0.05) is 12.2 Å². The van der Waals surface area contributed by atoms with Gasteiger partial charge in [0.25, 0.3) is 0 Å². The minimum atomic E-state index is 0.0724. The molecule has 3 aliphatic rings. The van der Waals surface area contributed by atoms with Gasteiger partial charge in [0.15, 0.2) is 5.82 Å². The lowest BCUT2D eigenvalue weighted by molar-refractivity contribution is 0.145. The molecule has 7 nitrogen and oxygen atoms in total. The number of halogens is 1. The lowest BCUT2D eigenvalue weighted by atomic mass is 9.83. The summed E-state index contributed by atoms with van der Waals surface area (Å²) in [5.74, 6) is 1.32. The summed E-state index contributed by atoms with van der Waals surface area (Å²) in [6.07, 6.45) is 11.4. The van der Waals surface area contributed by atoms with E-state index in [-0.39, 0.29) is 24.5 Å². The number of benzene rings is 1. The van der Waals surface area contributed by atoms with Crippen molar-refractivity contribution >= 4 is 23.1 Å². The van der Waals surface area contributed by atoms with Gasteiger partial charge in [0.05, 0.1) is 18.2 Å². The summed E-state index contributed by atoms with van der Waals surface area (Å²) in [6, 6.07) is 2.06. The van der Waals surface area contributed by atoms with E-state index >= 15 is 0 Å². The second-order valence-corrected chi connectivity index (χ2v) is 8.30. The quantitative estimate of drug-likeness (QED) is 0.730. The number of aromatic nitrogens is 3. The molecule has 1 aromatic heterocycles. The van der Waals surface area contributed by atoms with Gasteiger partial charge in [0.1, 0.15) is 5.76 Å². The third-order valence-electron chi connectivity index (χ3n) is 5.77. The van der Waals surface area contributed by atoms with Crippen LogP contribution in [0.4, 0.5) is 5.95 Å². The highest BCUT2D eigenvalue weighted by atomic mass is 35.5. The second kappa shape index (κ2) is 8.42. The fourth-order valence-electron chi connectivity index (χ4n) is 4.45. The highest BCUT2D eigenvalue weighted by Gasteiger charge is 2.27. The number of rotatable bonds is 5. The Hall–Kier alpha value is -2.74. The van der Waals surface area contributed by atoms with Crippen molar-refractivity contribution in [1.82, 2.24) is 15.0 Å². The molecule has 1 atom stereocenters. The molecule has 2 heterocycles. The molecule has 0 spiro atoms. The topological polar surface area (TPSA) is 103 Å². The lowest BCUT2D eigenvalue weighted by Crippen LogP contribution is -2.16. The Morgan fingerprint density at radius 1 is 1.23 bits per heavy atom. The summed E-state index contributed by atoms with van der Waals surface area (Å²) >= 11 is 6.70. The van der Waals surface area contributed by atoms with Crippen LogP contribution in [0.25, 0.3) is 17.0 Å². The molecule has 1 aromatic carbocycles. The van der Waals surface area contributed by atoms with Crippen LogP contribution in [0.3, 0.4) is 0 Å². The second-order valence-electron chi connectivity index (χ2n) is 7.89. The molecule has 0 saturated carbocycles. The first-order valence-corrected chi connectivity index (χ1v) is 10.8. The number of hydrogen-bond donors (Lipinski definition) is 2. The summed E-state index contributed by atoms with van der Waals surface area (Å²) in [4.78, 5) is 13.1. The van der Waals surface area contributed by atoms with Crippen molar-refractivity contribution in [2.24, 2.45) is 5.92 Å². The first-order valence-electron chi connectivity index (χ1n) is 10.4. The number of aliphatic hydroxyl groups is 1. The first kappa shape index (κ1) is 20.2. The third kappa shape index (κ3) is 3.96. The smallest absolute Gasteiger partial charge is 0.327 e. The molecule has 1 aliphatic heterocycles. The van der Waals surface area contributed by atoms with Gasteiger partial charge < -0.3 is 20.3 Å². The fraction of sp³-hybridized carbons (Fsp3) is 0.348. The molecule has 0 amide bonds. The van der Waals surface area contributed by atoms with Crippen LogP contribution in [0.2, 0.25) is 5.02 Å². The summed E-state index contributed by atoms with van der Waals surface area (Å²) in [5, 5.41) is 9.77. The van der Waals surface area contributed by atoms with Crippen molar-refractivity contribution in [1.29, 1.82) is 0 Å². The van der Waals surface area contributed by atoms with Gasteiger partial charge in [-0.2, -0.15) is 15.0 Å². The standard InChI is InChI=1S/C23H23ClN4O3/c24-18-10-15-12-30-11-14-4-2-6-17(19(14)15)20(18)21-26-22(25)28-23(27-21)31-16-5-1-3-13(9-16)7-8-29/h1,4-5,9-10,13,29H,2-3,6-8,11-12H2,(H2,25,26,27,28). The van der Waals surface area contributed by atoms with Crippen LogP contribution in [0.15, 0.2) is 36.1 Å². The summed E-state index contributed by atoms with van der Waals surface area (Å²) < 4.78 is 11.6. The Kier molecular flexibility index (Phi) is 5.48. The maximum atomic E-state index is 9.21. The molecule has 0 bridgehead atoms. The molecular weight excluding hydrogens is 416 g/mol. The van der Waals surface area contributed by atoms with E-state index in [2.05, 4.69) is 21.0 Å². The average molecular weight is 439 g/mol. The molecule has 0 fully saturated rings. The lowest BCUT2D eigenvalue weighted by Gasteiger charge is -2.28. The molecule has 8 heteroatoms. The number of hydrogen-bond acceptors (Lipinski definition) is 7. The van der Waals surface area contributed by atoms with Gasteiger partial charge >= 0.3 is 6.01 Å². The van der Waals surface area contributed by atoms with Crippen molar-refractivity contribution in [2.45, 2.75) is 32.3 Å². The van der Waals surface area contributed by atoms with Crippen LogP contribution in [0, 0.1) is 5.92 Å². The maximum Gasteiger partial charge on any atom is 0.327 e. The number of nitrogens with zero attached hydrogens (tertiary/aromatic N) is 3. The molecule has 0 radical (unpaired) electrons. The summed E-state index contributed by atoms with van der Waals surface area (Å²) in [6.45, 7) is 1.28. The van der Waals surface area contributed by atoms with Crippen LogP contribution < -0.4 is 10.5 Å². The highest BCUT2D eigenvalue weighted by molar-refractivity contribution is 6.33. The van der Waals surface area contributed by atoms with E-state index in [9.17, 15) is 5.11 Å². The Balaban J connectivity index is 1.54. The minimum Gasteiger partial charge on any atom is -0.425 e. The normalized spacial score (nSPS) is 19.5. The van der Waals surface area contributed by atoms with E-state index in [1.165, 1.54) is 11.1 Å². The summed E-state index contributed by atoms with van der Waals surface area (Å²) in [7, 11) is 0. The van der Waals surface area contributed by atoms with Crippen molar-refractivity contribution < 1.29 is 14.6 Å². The number of ether oxygens (including phenoxy) is 2. The zero-order valence-electron chi connectivity index (χ0n) is 17.0. The largest absolute Gasteiger partial charge is 0.425 e. The third-order valence-corrected chi connectivity index (χ3v) is 6.07. The van der Waals surface area contributed by atoms with Gasteiger partial charge in [-0.25, -0.2) is 0 Å². The monoisotopic (exact) mass is 438 g/mol. The molecule has 160 valence electrons. The number of aliphatic hydroxyl groups excluding tert-OH is 1. The molecule has 3 N–H and O–H groups in total. The average Bonchev–Trinajstić information content (AvgIpc) is 2.74. The van der Waals surface area contributed by atoms with Crippen molar-refractivity contribution in [3.05, 3.63) is 57.8 Å². The molecule has 2 aromatic rings. The molecule has 0 saturated heterocycles. The Morgan fingerprint density at radius 2 is 2.13 bits per heavy atom. The number of nitrogen functional groups attached to an aromatic ring is 1. The van der Waals surface area contributed by atoms with E-state index < -0.39 is 0 Å². The van der Waals surface area contributed by atoms with E-state index in [4.69, 9.17) is 26.8 Å². The van der Waals surface area contributed by atoms with Crippen LogP contribution in [-0.2, 0) is 17.8 Å². The molecule has 2 aliphatic carbocycles. The van der Waals surface area contributed by atoms with Crippen molar-refractivity contribution in [3.8, 4) is 17.4 Å². The SMILES string of the molecule is Nc1nc(OC2=CC(CCO)CC=C2)nc(-c2c(Cl)cc3c4c2CCC=C4COC3)n1. The fourth-order valence-corrected chi connectivity index (χ4v) is 4.78. The van der Waals surface area contributed by atoms with E-state index in [0.717, 1.165) is 36.0 Å². The van der Waals surface area contributed by atoms with Gasteiger partial charge in [-0.3, -0.25) is 0 Å². The van der Waals surface area contributed by atoms with Crippen molar-refractivity contribution in [3.63, 3.8) is 0 Å². The summed E-state index contributed by atoms with van der Waals surface area (Å²) in [5.41, 5.74) is 11.4. The molecule has 5 rings (SSSR count). The van der Waals surface area contributed by atoms with Gasteiger partial charge in [0.2, 0.25) is 5.95 Å². The highest BCUT2D eigenvalue weighted by Crippen LogP contribution is 2.42. The van der Waals surface area contributed by atoms with E-state index in [1.807, 2.05) is 24.3 Å². The van der Waals surface area contributed by atoms with Gasteiger partial charge in [-0.05, 0) is 72.1 Å².